The lowest BCUT2D eigenvalue weighted by molar-refractivity contribution is 0.483. The summed E-state index contributed by atoms with van der Waals surface area (Å²) in [5.74, 6) is 0. The van der Waals surface area contributed by atoms with E-state index in [2.05, 4.69) is 0 Å². The van der Waals surface area contributed by atoms with Gasteiger partial charge in [-0.1, -0.05) is 29.8 Å². The highest BCUT2D eigenvalue weighted by atomic mass is 32.2. The Morgan fingerprint density at radius 2 is 1.67 bits per heavy atom. The Bertz CT molecular complexity index is 615. The number of benzene rings is 2. The van der Waals surface area contributed by atoms with Gasteiger partial charge in [-0.3, -0.25) is 4.55 Å². The Kier molecular flexibility index (Phi) is 2.25. The van der Waals surface area contributed by atoms with Gasteiger partial charge in [-0.2, -0.15) is 8.42 Å². The summed E-state index contributed by atoms with van der Waals surface area (Å²) >= 11 is 0. The maximum atomic E-state index is 10.9. The Balaban J connectivity index is 2.75. The fourth-order valence-electron chi connectivity index (χ4n) is 1.50. The van der Waals surface area contributed by atoms with Crippen molar-refractivity contribution in [3.05, 3.63) is 42.0 Å². The molecule has 0 fully saturated rings. The van der Waals surface area contributed by atoms with Crippen molar-refractivity contribution in [1.29, 1.82) is 0 Å². The number of aryl methyl sites for hydroxylation is 1. The molecule has 0 aliphatic carbocycles. The molecule has 0 aliphatic rings. The molecule has 0 saturated heterocycles. The third kappa shape index (κ3) is 2.00. The van der Waals surface area contributed by atoms with Gasteiger partial charge in [0.2, 0.25) is 0 Å². The molecule has 4 heteroatoms. The highest BCUT2D eigenvalue weighted by molar-refractivity contribution is 7.85. The van der Waals surface area contributed by atoms with E-state index in [0.717, 1.165) is 16.3 Å². The Morgan fingerprint density at radius 1 is 1.00 bits per heavy atom. The summed E-state index contributed by atoms with van der Waals surface area (Å²) < 4.78 is 30.7. The first kappa shape index (κ1) is 10.1. The topological polar surface area (TPSA) is 54.4 Å². The van der Waals surface area contributed by atoms with E-state index in [1.54, 1.807) is 6.07 Å². The highest BCUT2D eigenvalue weighted by Crippen LogP contribution is 2.20. The lowest BCUT2D eigenvalue weighted by atomic mass is 10.1. The SMILES string of the molecule is Cc1ccc2ccc(S(=O)(=O)O)cc2c1. The molecule has 0 spiro atoms. The van der Waals surface area contributed by atoms with Crippen LogP contribution >= 0.6 is 0 Å². The number of hydrogen-bond donors (Lipinski definition) is 1. The second-order valence-corrected chi connectivity index (χ2v) is 4.91. The standard InChI is InChI=1S/C11H10O3S/c1-8-2-3-9-4-5-11(15(12,13)14)7-10(9)6-8/h2-7H,1H3,(H,12,13,14). The van der Waals surface area contributed by atoms with Crippen molar-refractivity contribution in [2.24, 2.45) is 0 Å². The summed E-state index contributed by atoms with van der Waals surface area (Å²) in [7, 11) is -4.11. The van der Waals surface area contributed by atoms with Crippen LogP contribution in [0.4, 0.5) is 0 Å². The van der Waals surface area contributed by atoms with Crippen molar-refractivity contribution < 1.29 is 13.0 Å². The van der Waals surface area contributed by atoms with Gasteiger partial charge in [0.1, 0.15) is 0 Å². The molecule has 0 saturated carbocycles. The van der Waals surface area contributed by atoms with E-state index in [0.29, 0.717) is 0 Å². The van der Waals surface area contributed by atoms with E-state index in [1.807, 2.05) is 25.1 Å². The van der Waals surface area contributed by atoms with Crippen LogP contribution < -0.4 is 0 Å². The van der Waals surface area contributed by atoms with Crippen LogP contribution in [0.5, 0.6) is 0 Å². The quantitative estimate of drug-likeness (QED) is 0.754. The fraction of sp³-hybridized carbons (Fsp3) is 0.0909. The van der Waals surface area contributed by atoms with Gasteiger partial charge in [0.25, 0.3) is 10.1 Å². The van der Waals surface area contributed by atoms with E-state index >= 15 is 0 Å². The van der Waals surface area contributed by atoms with Gasteiger partial charge >= 0.3 is 0 Å². The van der Waals surface area contributed by atoms with Crippen LogP contribution in [-0.4, -0.2) is 13.0 Å². The average Bonchev–Trinajstić information content (AvgIpc) is 2.15. The number of rotatable bonds is 1. The van der Waals surface area contributed by atoms with Crippen LogP contribution in [0.15, 0.2) is 41.3 Å². The highest BCUT2D eigenvalue weighted by Gasteiger charge is 2.09. The molecule has 2 aromatic rings. The second kappa shape index (κ2) is 3.32. The summed E-state index contributed by atoms with van der Waals surface area (Å²) in [5, 5.41) is 1.76. The van der Waals surface area contributed by atoms with Gasteiger partial charge in [0, 0.05) is 0 Å². The zero-order valence-corrected chi connectivity index (χ0v) is 8.95. The molecule has 78 valence electrons. The van der Waals surface area contributed by atoms with Crippen LogP contribution in [-0.2, 0) is 10.1 Å². The largest absolute Gasteiger partial charge is 0.294 e. The summed E-state index contributed by atoms with van der Waals surface area (Å²) in [5.41, 5.74) is 1.05. The Labute approximate surface area is 88.1 Å². The third-order valence-corrected chi connectivity index (χ3v) is 3.11. The van der Waals surface area contributed by atoms with E-state index < -0.39 is 10.1 Å². The molecule has 3 nitrogen and oxygen atoms in total. The van der Waals surface area contributed by atoms with Crippen molar-refractivity contribution >= 4 is 20.9 Å². The van der Waals surface area contributed by atoms with Crippen molar-refractivity contribution in [2.75, 3.05) is 0 Å². The lowest BCUT2D eigenvalue weighted by Crippen LogP contribution is -1.97. The molecular weight excluding hydrogens is 212 g/mol. The molecule has 0 unspecified atom stereocenters. The van der Waals surface area contributed by atoms with Gasteiger partial charge in [-0.25, -0.2) is 0 Å². The molecule has 0 heterocycles. The summed E-state index contributed by atoms with van der Waals surface area (Å²) in [4.78, 5) is -0.0689. The van der Waals surface area contributed by atoms with E-state index in [4.69, 9.17) is 4.55 Å². The molecule has 2 rings (SSSR count). The lowest BCUT2D eigenvalue weighted by Gasteiger charge is -2.01. The van der Waals surface area contributed by atoms with Crippen LogP contribution in [0, 0.1) is 6.92 Å². The molecule has 1 N–H and O–H groups in total. The minimum Gasteiger partial charge on any atom is -0.282 e. The normalized spacial score (nSPS) is 11.9. The van der Waals surface area contributed by atoms with E-state index in [9.17, 15) is 8.42 Å². The van der Waals surface area contributed by atoms with Gasteiger partial charge in [-0.05, 0) is 29.8 Å². The van der Waals surface area contributed by atoms with Gasteiger partial charge in [0.15, 0.2) is 0 Å². The van der Waals surface area contributed by atoms with Crippen molar-refractivity contribution in [3.63, 3.8) is 0 Å². The van der Waals surface area contributed by atoms with Gasteiger partial charge < -0.3 is 0 Å². The van der Waals surface area contributed by atoms with E-state index in [1.165, 1.54) is 12.1 Å². The predicted octanol–water partition coefficient (Wildman–Crippen LogP) is 2.39. The first-order chi connectivity index (χ1) is 6.97. The molecule has 0 radical (unpaired) electrons. The third-order valence-electron chi connectivity index (χ3n) is 2.27. The molecule has 0 aliphatic heterocycles. The average molecular weight is 222 g/mol. The van der Waals surface area contributed by atoms with E-state index in [-0.39, 0.29) is 4.90 Å². The monoisotopic (exact) mass is 222 g/mol. The van der Waals surface area contributed by atoms with Crippen molar-refractivity contribution in [3.8, 4) is 0 Å². The van der Waals surface area contributed by atoms with Crippen LogP contribution in [0.3, 0.4) is 0 Å². The first-order valence-electron chi connectivity index (χ1n) is 4.45. The zero-order valence-electron chi connectivity index (χ0n) is 8.14. The zero-order chi connectivity index (χ0) is 11.1. The number of hydrogen-bond acceptors (Lipinski definition) is 2. The fourth-order valence-corrected chi connectivity index (χ4v) is 2.02. The Morgan fingerprint density at radius 3 is 2.33 bits per heavy atom. The molecule has 0 aromatic heterocycles. The molecule has 0 amide bonds. The first-order valence-corrected chi connectivity index (χ1v) is 5.89. The van der Waals surface area contributed by atoms with Gasteiger partial charge in [0.05, 0.1) is 4.90 Å². The minimum absolute atomic E-state index is 0.0689. The van der Waals surface area contributed by atoms with Gasteiger partial charge in [-0.15, -0.1) is 0 Å². The smallest absolute Gasteiger partial charge is 0.282 e. The second-order valence-electron chi connectivity index (χ2n) is 3.49. The van der Waals surface area contributed by atoms with Crippen LogP contribution in [0.2, 0.25) is 0 Å². The summed E-state index contributed by atoms with van der Waals surface area (Å²) in [6.45, 7) is 1.93. The molecular formula is C11H10O3S. The van der Waals surface area contributed by atoms with Crippen molar-refractivity contribution in [1.82, 2.24) is 0 Å². The number of fused-ring (bicyclic) bond motifs is 1. The molecule has 0 bridgehead atoms. The molecule has 2 aromatic carbocycles. The predicted molar refractivity (Wildman–Crippen MR) is 58.5 cm³/mol. The maximum absolute atomic E-state index is 10.9. The van der Waals surface area contributed by atoms with Crippen LogP contribution in [0.1, 0.15) is 5.56 Å². The minimum atomic E-state index is -4.11. The summed E-state index contributed by atoms with van der Waals surface area (Å²) in [6, 6.07) is 10.3. The maximum Gasteiger partial charge on any atom is 0.294 e. The molecule has 15 heavy (non-hydrogen) atoms. The Hall–Kier alpha value is -1.39. The van der Waals surface area contributed by atoms with Crippen LogP contribution in [0.25, 0.3) is 10.8 Å². The van der Waals surface area contributed by atoms with Crippen molar-refractivity contribution in [2.45, 2.75) is 11.8 Å². The molecule has 0 atom stereocenters. The summed E-state index contributed by atoms with van der Waals surface area (Å²) in [6.07, 6.45) is 0.